The van der Waals surface area contributed by atoms with Gasteiger partial charge >= 0.3 is 0 Å². The van der Waals surface area contributed by atoms with E-state index >= 15 is 0 Å². The lowest BCUT2D eigenvalue weighted by molar-refractivity contribution is 0.353. The molecule has 3 heteroatoms. The Balaban J connectivity index is 2.09. The molecule has 0 fully saturated rings. The molecule has 0 aliphatic carbocycles. The van der Waals surface area contributed by atoms with Crippen LogP contribution in [0.5, 0.6) is 5.75 Å². The first-order valence-corrected chi connectivity index (χ1v) is 7.95. The first kappa shape index (κ1) is 14.0. The van der Waals surface area contributed by atoms with Gasteiger partial charge in [-0.2, -0.15) is 0 Å². The van der Waals surface area contributed by atoms with Crippen molar-refractivity contribution in [3.8, 4) is 5.75 Å². The van der Waals surface area contributed by atoms with Gasteiger partial charge in [0.1, 0.15) is 5.75 Å². The largest absolute Gasteiger partial charge is 0.493 e. The third-order valence-corrected chi connectivity index (χ3v) is 4.68. The smallest absolute Gasteiger partial charge is 0.127 e. The highest BCUT2D eigenvalue weighted by molar-refractivity contribution is 9.10. The van der Waals surface area contributed by atoms with Crippen molar-refractivity contribution < 1.29 is 4.74 Å². The normalized spacial score (nSPS) is 14.8. The van der Waals surface area contributed by atoms with E-state index in [1.807, 2.05) is 0 Å². The van der Waals surface area contributed by atoms with E-state index in [9.17, 15) is 0 Å². The molecule has 0 spiro atoms. The number of fused-ring (bicyclic) bond motifs is 1. The van der Waals surface area contributed by atoms with E-state index in [0.717, 1.165) is 34.4 Å². The summed E-state index contributed by atoms with van der Waals surface area (Å²) in [5, 5.41) is -0.181. The second-order valence-corrected chi connectivity index (χ2v) is 6.66. The van der Waals surface area contributed by atoms with E-state index in [-0.39, 0.29) is 5.38 Å². The van der Waals surface area contributed by atoms with Crippen molar-refractivity contribution in [2.45, 2.75) is 25.6 Å². The van der Waals surface area contributed by atoms with Crippen LogP contribution in [0.3, 0.4) is 0 Å². The van der Waals surface area contributed by atoms with Crippen LogP contribution in [0.15, 0.2) is 34.8 Å². The highest BCUT2D eigenvalue weighted by Gasteiger charge is 2.24. The number of alkyl halides is 1. The topological polar surface area (TPSA) is 9.23 Å². The first-order valence-electron chi connectivity index (χ1n) is 6.72. The molecule has 1 atom stereocenters. The highest BCUT2D eigenvalue weighted by atomic mass is 79.9. The van der Waals surface area contributed by atoms with Crippen molar-refractivity contribution in [3.05, 3.63) is 62.6 Å². The predicted octanol–water partition coefficient (Wildman–Crippen LogP) is 5.33. The number of hydrogen-bond donors (Lipinski definition) is 0. The van der Waals surface area contributed by atoms with E-state index in [4.69, 9.17) is 16.3 Å². The predicted molar refractivity (Wildman–Crippen MR) is 87.0 cm³/mol. The molecular weight excluding hydrogens is 336 g/mol. The van der Waals surface area contributed by atoms with Gasteiger partial charge in [0.25, 0.3) is 0 Å². The van der Waals surface area contributed by atoms with Crippen LogP contribution in [0.1, 0.15) is 33.2 Å². The summed E-state index contributed by atoms with van der Waals surface area (Å²) in [7, 11) is 0. The lowest BCUT2D eigenvalue weighted by atomic mass is 9.96. The molecule has 0 saturated carbocycles. The molecule has 1 unspecified atom stereocenters. The lowest BCUT2D eigenvalue weighted by Crippen LogP contribution is -2.00. The molecule has 2 aromatic carbocycles. The van der Waals surface area contributed by atoms with Gasteiger partial charge in [0, 0.05) is 16.5 Å². The van der Waals surface area contributed by atoms with Crippen molar-refractivity contribution in [1.82, 2.24) is 0 Å². The summed E-state index contributed by atoms with van der Waals surface area (Å²) in [6, 6.07) is 10.6. The van der Waals surface area contributed by atoms with Crippen molar-refractivity contribution in [3.63, 3.8) is 0 Å². The molecule has 0 N–H and O–H groups in total. The molecular formula is C17H16BrClO. The molecule has 1 aliphatic heterocycles. The van der Waals surface area contributed by atoms with Gasteiger partial charge < -0.3 is 4.74 Å². The summed E-state index contributed by atoms with van der Waals surface area (Å²) in [6.07, 6.45) is 0.957. The maximum atomic E-state index is 6.74. The highest BCUT2D eigenvalue weighted by Crippen LogP contribution is 2.42. The zero-order valence-corrected chi connectivity index (χ0v) is 13.9. The van der Waals surface area contributed by atoms with Crippen molar-refractivity contribution in [2.24, 2.45) is 0 Å². The second kappa shape index (κ2) is 5.42. The monoisotopic (exact) mass is 350 g/mol. The summed E-state index contributed by atoms with van der Waals surface area (Å²) >= 11 is 10.3. The van der Waals surface area contributed by atoms with E-state index in [1.54, 1.807) is 0 Å². The Morgan fingerprint density at radius 3 is 2.70 bits per heavy atom. The molecule has 0 saturated heterocycles. The summed E-state index contributed by atoms with van der Waals surface area (Å²) in [6.45, 7) is 4.95. The molecule has 20 heavy (non-hydrogen) atoms. The third kappa shape index (κ3) is 2.47. The summed E-state index contributed by atoms with van der Waals surface area (Å²) < 4.78 is 6.85. The van der Waals surface area contributed by atoms with Crippen molar-refractivity contribution in [1.29, 1.82) is 0 Å². The van der Waals surface area contributed by atoms with Gasteiger partial charge in [0.15, 0.2) is 0 Å². The van der Waals surface area contributed by atoms with Gasteiger partial charge in [-0.05, 0) is 42.7 Å². The summed E-state index contributed by atoms with van der Waals surface area (Å²) in [4.78, 5) is 0. The Morgan fingerprint density at radius 1 is 1.15 bits per heavy atom. The number of benzene rings is 2. The Morgan fingerprint density at radius 2 is 1.95 bits per heavy atom. The zero-order chi connectivity index (χ0) is 14.3. The third-order valence-electron chi connectivity index (χ3n) is 3.75. The van der Waals surface area contributed by atoms with Crippen LogP contribution < -0.4 is 4.74 Å². The van der Waals surface area contributed by atoms with E-state index in [1.165, 1.54) is 16.7 Å². The number of halogens is 2. The lowest BCUT2D eigenvalue weighted by Gasteiger charge is -2.17. The van der Waals surface area contributed by atoms with Crippen LogP contribution in [0, 0.1) is 13.8 Å². The average molecular weight is 352 g/mol. The fourth-order valence-corrected chi connectivity index (χ4v) is 3.69. The number of ether oxygens (including phenoxy) is 1. The summed E-state index contributed by atoms with van der Waals surface area (Å²) in [5.41, 5.74) is 5.92. The Hall–Kier alpha value is -0.990. The van der Waals surface area contributed by atoms with Gasteiger partial charge in [0.05, 0.1) is 12.0 Å². The van der Waals surface area contributed by atoms with Gasteiger partial charge in [-0.3, -0.25) is 0 Å². The van der Waals surface area contributed by atoms with Crippen LogP contribution in [0.2, 0.25) is 0 Å². The standard InChI is InChI=1S/C17H16BrClO/c1-10-3-4-14(11(2)7-10)16(19)15-9-13(18)8-12-5-6-20-17(12)15/h3-4,7-9,16H,5-6H2,1-2H3. The fraction of sp³-hybridized carbons (Fsp3) is 0.294. The number of hydrogen-bond acceptors (Lipinski definition) is 1. The van der Waals surface area contributed by atoms with E-state index in [2.05, 4.69) is 60.1 Å². The first-order chi connectivity index (χ1) is 9.56. The fourth-order valence-electron chi connectivity index (χ4n) is 2.76. The zero-order valence-electron chi connectivity index (χ0n) is 11.5. The molecule has 0 aromatic heterocycles. The van der Waals surface area contributed by atoms with E-state index < -0.39 is 0 Å². The molecule has 0 amide bonds. The Labute approximate surface area is 133 Å². The van der Waals surface area contributed by atoms with Crippen LogP contribution in [-0.4, -0.2) is 6.61 Å². The van der Waals surface area contributed by atoms with Crippen LogP contribution in [0.25, 0.3) is 0 Å². The Kier molecular flexibility index (Phi) is 3.78. The van der Waals surface area contributed by atoms with E-state index in [0.29, 0.717) is 0 Å². The van der Waals surface area contributed by atoms with Gasteiger partial charge in [0.2, 0.25) is 0 Å². The molecule has 1 aliphatic rings. The van der Waals surface area contributed by atoms with Gasteiger partial charge in [-0.1, -0.05) is 39.7 Å². The quantitative estimate of drug-likeness (QED) is 0.665. The van der Waals surface area contributed by atoms with Crippen molar-refractivity contribution in [2.75, 3.05) is 6.61 Å². The SMILES string of the molecule is Cc1ccc(C(Cl)c2cc(Br)cc3c2OCC3)c(C)c1. The van der Waals surface area contributed by atoms with Crippen molar-refractivity contribution >= 4 is 27.5 Å². The molecule has 0 bridgehead atoms. The summed E-state index contributed by atoms with van der Waals surface area (Å²) in [5.74, 6) is 0.966. The minimum absolute atomic E-state index is 0.181. The molecule has 0 radical (unpaired) electrons. The minimum Gasteiger partial charge on any atom is -0.493 e. The maximum absolute atomic E-state index is 6.74. The van der Waals surface area contributed by atoms with Crippen LogP contribution in [-0.2, 0) is 6.42 Å². The maximum Gasteiger partial charge on any atom is 0.127 e. The average Bonchev–Trinajstić information content (AvgIpc) is 2.85. The minimum atomic E-state index is -0.181. The molecule has 2 aromatic rings. The van der Waals surface area contributed by atoms with Gasteiger partial charge in [-0.25, -0.2) is 0 Å². The van der Waals surface area contributed by atoms with Crippen LogP contribution >= 0.6 is 27.5 Å². The second-order valence-electron chi connectivity index (χ2n) is 5.30. The number of rotatable bonds is 2. The van der Waals surface area contributed by atoms with Crippen LogP contribution in [0.4, 0.5) is 0 Å². The number of aryl methyl sites for hydroxylation is 2. The molecule has 104 valence electrons. The molecule has 3 rings (SSSR count). The van der Waals surface area contributed by atoms with Gasteiger partial charge in [-0.15, -0.1) is 11.6 Å². The molecule has 1 nitrogen and oxygen atoms in total. The molecule has 1 heterocycles. The Bertz CT molecular complexity index is 666.